The summed E-state index contributed by atoms with van der Waals surface area (Å²) in [6.07, 6.45) is 1.65. The predicted molar refractivity (Wildman–Crippen MR) is 105 cm³/mol. The van der Waals surface area contributed by atoms with E-state index in [9.17, 15) is 8.42 Å². The van der Waals surface area contributed by atoms with Crippen molar-refractivity contribution in [3.8, 4) is 23.1 Å². The number of fused-ring (bicyclic) bond motifs is 1. The molecule has 0 aliphatic heterocycles. The standard InChI is InChI=1S/C21H15N3O2S/c22-27(25,26)21-9-5-4-8-18(21)17-10-11-20-19(14-17)23-15-24(20)13-12-16-6-2-1-3-7-16/h1-11,14-15H,(H2,22,25,26). The molecule has 1 heterocycles. The molecule has 0 bridgehead atoms. The fourth-order valence-corrected chi connectivity index (χ4v) is 3.63. The maximum Gasteiger partial charge on any atom is 0.238 e. The van der Waals surface area contributed by atoms with E-state index in [4.69, 9.17) is 5.14 Å². The molecule has 3 aromatic carbocycles. The Morgan fingerprint density at radius 1 is 0.926 bits per heavy atom. The lowest BCUT2D eigenvalue weighted by Gasteiger charge is -2.07. The van der Waals surface area contributed by atoms with E-state index in [1.165, 1.54) is 6.07 Å². The quantitative estimate of drug-likeness (QED) is 0.548. The molecule has 132 valence electrons. The molecule has 6 heteroatoms. The summed E-state index contributed by atoms with van der Waals surface area (Å²) < 4.78 is 25.5. The van der Waals surface area contributed by atoms with Crippen molar-refractivity contribution < 1.29 is 8.42 Å². The smallest absolute Gasteiger partial charge is 0.238 e. The van der Waals surface area contributed by atoms with Crippen LogP contribution < -0.4 is 5.14 Å². The molecule has 0 atom stereocenters. The number of benzene rings is 3. The molecule has 0 amide bonds. The van der Waals surface area contributed by atoms with Gasteiger partial charge in [-0.3, -0.25) is 4.57 Å². The number of imidazole rings is 1. The number of rotatable bonds is 2. The Morgan fingerprint density at radius 3 is 2.44 bits per heavy atom. The van der Waals surface area contributed by atoms with Crippen molar-refractivity contribution in [2.24, 2.45) is 5.14 Å². The zero-order chi connectivity index (χ0) is 18.9. The molecule has 0 aliphatic rings. The number of primary sulfonamides is 1. The van der Waals surface area contributed by atoms with Crippen LogP contribution in [-0.4, -0.2) is 18.0 Å². The number of hydrogen-bond donors (Lipinski definition) is 1. The van der Waals surface area contributed by atoms with Gasteiger partial charge in [0.15, 0.2) is 0 Å². The van der Waals surface area contributed by atoms with Crippen molar-refractivity contribution in [1.29, 1.82) is 0 Å². The van der Waals surface area contributed by atoms with E-state index in [1.54, 1.807) is 29.1 Å². The van der Waals surface area contributed by atoms with Gasteiger partial charge in [0.1, 0.15) is 6.33 Å². The minimum absolute atomic E-state index is 0.0904. The highest BCUT2D eigenvalue weighted by molar-refractivity contribution is 7.89. The van der Waals surface area contributed by atoms with Gasteiger partial charge in [0.25, 0.3) is 0 Å². The number of nitrogens with two attached hydrogens (primary N) is 1. The van der Waals surface area contributed by atoms with E-state index < -0.39 is 10.0 Å². The molecule has 0 fully saturated rings. The minimum atomic E-state index is -3.82. The summed E-state index contributed by atoms with van der Waals surface area (Å²) in [5.74, 6) is 3.09. The monoisotopic (exact) mass is 373 g/mol. The average molecular weight is 373 g/mol. The van der Waals surface area contributed by atoms with Crippen LogP contribution in [0.3, 0.4) is 0 Å². The lowest BCUT2D eigenvalue weighted by molar-refractivity contribution is 0.598. The first-order valence-corrected chi connectivity index (χ1v) is 9.73. The zero-order valence-electron chi connectivity index (χ0n) is 14.2. The number of sulfonamides is 1. The average Bonchev–Trinajstić information content (AvgIpc) is 3.09. The summed E-state index contributed by atoms with van der Waals surface area (Å²) >= 11 is 0. The summed E-state index contributed by atoms with van der Waals surface area (Å²) in [7, 11) is -3.82. The lowest BCUT2D eigenvalue weighted by atomic mass is 10.1. The second-order valence-electron chi connectivity index (χ2n) is 5.96. The van der Waals surface area contributed by atoms with Crippen LogP contribution in [-0.2, 0) is 10.0 Å². The Labute approximate surface area is 157 Å². The van der Waals surface area contributed by atoms with Crippen LogP contribution in [0.5, 0.6) is 0 Å². The molecular formula is C21H15N3O2S. The van der Waals surface area contributed by atoms with Crippen molar-refractivity contribution >= 4 is 21.1 Å². The number of nitrogens with zero attached hydrogens (tertiary/aromatic N) is 2. The fourth-order valence-electron chi connectivity index (χ4n) is 2.87. The Kier molecular flexibility index (Phi) is 4.24. The molecule has 0 saturated carbocycles. The summed E-state index contributed by atoms with van der Waals surface area (Å²) in [5.41, 5.74) is 3.76. The van der Waals surface area contributed by atoms with Gasteiger partial charge in [0, 0.05) is 17.2 Å². The number of hydrogen-bond acceptors (Lipinski definition) is 3. The molecule has 0 spiro atoms. The van der Waals surface area contributed by atoms with E-state index in [1.807, 2.05) is 48.5 Å². The first-order valence-electron chi connectivity index (χ1n) is 8.19. The molecule has 4 rings (SSSR count). The van der Waals surface area contributed by atoms with Gasteiger partial charge in [-0.25, -0.2) is 18.5 Å². The molecule has 2 N–H and O–H groups in total. The van der Waals surface area contributed by atoms with Crippen LogP contribution >= 0.6 is 0 Å². The van der Waals surface area contributed by atoms with Gasteiger partial charge in [-0.05, 0) is 41.8 Å². The second kappa shape index (κ2) is 6.72. The van der Waals surface area contributed by atoms with E-state index in [0.29, 0.717) is 5.56 Å². The highest BCUT2D eigenvalue weighted by Crippen LogP contribution is 2.28. The van der Waals surface area contributed by atoms with Gasteiger partial charge in [0.05, 0.1) is 15.9 Å². The first kappa shape index (κ1) is 17.0. The van der Waals surface area contributed by atoms with Crippen LogP contribution in [0.15, 0.2) is 84.0 Å². The van der Waals surface area contributed by atoms with Gasteiger partial charge >= 0.3 is 0 Å². The third-order valence-corrected chi connectivity index (χ3v) is 5.12. The minimum Gasteiger partial charge on any atom is -0.257 e. The van der Waals surface area contributed by atoms with E-state index >= 15 is 0 Å². The first-order chi connectivity index (χ1) is 13.0. The molecule has 0 radical (unpaired) electrons. The Bertz CT molecular complexity index is 1300. The van der Waals surface area contributed by atoms with Crippen LogP contribution in [0.1, 0.15) is 5.56 Å². The predicted octanol–water partition coefficient (Wildman–Crippen LogP) is 3.21. The maximum atomic E-state index is 11.9. The Morgan fingerprint density at radius 2 is 1.67 bits per heavy atom. The highest BCUT2D eigenvalue weighted by atomic mass is 32.2. The van der Waals surface area contributed by atoms with Crippen molar-refractivity contribution in [2.45, 2.75) is 4.90 Å². The van der Waals surface area contributed by atoms with Crippen molar-refractivity contribution in [3.63, 3.8) is 0 Å². The van der Waals surface area contributed by atoms with E-state index in [-0.39, 0.29) is 4.90 Å². The number of aromatic nitrogens is 2. The zero-order valence-corrected chi connectivity index (χ0v) is 15.0. The molecule has 0 aliphatic carbocycles. The molecule has 0 saturated heterocycles. The van der Waals surface area contributed by atoms with Crippen LogP contribution in [0.25, 0.3) is 22.2 Å². The highest BCUT2D eigenvalue weighted by Gasteiger charge is 2.15. The van der Waals surface area contributed by atoms with Gasteiger partial charge in [-0.1, -0.05) is 42.5 Å². The van der Waals surface area contributed by atoms with E-state index in [0.717, 1.165) is 22.2 Å². The van der Waals surface area contributed by atoms with Crippen LogP contribution in [0, 0.1) is 12.0 Å². The van der Waals surface area contributed by atoms with Gasteiger partial charge in [0.2, 0.25) is 10.0 Å². The van der Waals surface area contributed by atoms with Gasteiger partial charge in [-0.2, -0.15) is 0 Å². The summed E-state index contributed by atoms with van der Waals surface area (Å²) in [6.45, 7) is 0. The second-order valence-corrected chi connectivity index (χ2v) is 7.49. The molecular weight excluding hydrogens is 358 g/mol. The lowest BCUT2D eigenvalue weighted by Crippen LogP contribution is -2.13. The van der Waals surface area contributed by atoms with Crippen molar-refractivity contribution in [1.82, 2.24) is 9.55 Å². The van der Waals surface area contributed by atoms with Crippen LogP contribution in [0.2, 0.25) is 0 Å². The normalized spacial score (nSPS) is 11.1. The largest absolute Gasteiger partial charge is 0.257 e. The molecule has 4 aromatic rings. The molecule has 0 unspecified atom stereocenters. The van der Waals surface area contributed by atoms with Crippen molar-refractivity contribution in [2.75, 3.05) is 0 Å². The molecule has 1 aromatic heterocycles. The van der Waals surface area contributed by atoms with Crippen LogP contribution in [0.4, 0.5) is 0 Å². The summed E-state index contributed by atoms with van der Waals surface area (Å²) in [4.78, 5) is 4.48. The Hall–Kier alpha value is -3.40. The third kappa shape index (κ3) is 3.47. The SMILES string of the molecule is NS(=O)(=O)c1ccccc1-c1ccc2c(c1)ncn2C#Cc1ccccc1. The van der Waals surface area contributed by atoms with E-state index in [2.05, 4.69) is 16.9 Å². The van der Waals surface area contributed by atoms with Gasteiger partial charge in [-0.15, -0.1) is 0 Å². The molecule has 5 nitrogen and oxygen atoms in total. The van der Waals surface area contributed by atoms with Crippen molar-refractivity contribution in [3.05, 3.63) is 84.7 Å². The third-order valence-electron chi connectivity index (χ3n) is 4.15. The fraction of sp³-hybridized carbons (Fsp3) is 0. The summed E-state index contributed by atoms with van der Waals surface area (Å²) in [5, 5.41) is 5.34. The maximum absolute atomic E-state index is 11.9. The Balaban J connectivity index is 1.78. The topological polar surface area (TPSA) is 78.0 Å². The summed E-state index contributed by atoms with van der Waals surface area (Å²) in [6, 6.07) is 25.0. The van der Waals surface area contributed by atoms with Gasteiger partial charge < -0.3 is 0 Å². The molecule has 27 heavy (non-hydrogen) atoms.